The Kier molecular flexibility index (Phi) is 4.83. The van der Waals surface area contributed by atoms with Crippen LogP contribution >= 0.6 is 0 Å². The highest BCUT2D eigenvalue weighted by Gasteiger charge is 2.28. The van der Waals surface area contributed by atoms with Crippen LogP contribution < -0.4 is 10.3 Å². The molecule has 7 heteroatoms. The molecule has 0 aromatic carbocycles. The van der Waals surface area contributed by atoms with Gasteiger partial charge in [-0.2, -0.15) is 0 Å². The van der Waals surface area contributed by atoms with Crippen molar-refractivity contribution < 1.29 is 9.53 Å². The summed E-state index contributed by atoms with van der Waals surface area (Å²) in [5.74, 6) is 0.476. The van der Waals surface area contributed by atoms with Crippen LogP contribution in [0.5, 0.6) is 5.88 Å². The second kappa shape index (κ2) is 7.04. The number of amides is 1. The average molecular weight is 342 g/mol. The molecule has 1 amide bonds. The lowest BCUT2D eigenvalue weighted by molar-refractivity contribution is -0.131. The van der Waals surface area contributed by atoms with Gasteiger partial charge >= 0.3 is 0 Å². The first-order chi connectivity index (χ1) is 11.9. The third-order valence-corrected chi connectivity index (χ3v) is 4.47. The lowest BCUT2D eigenvalue weighted by Gasteiger charge is -2.18. The van der Waals surface area contributed by atoms with Gasteiger partial charge in [-0.25, -0.2) is 9.97 Å². The Bertz CT molecular complexity index is 846. The highest BCUT2D eigenvalue weighted by Crippen LogP contribution is 2.17. The molecular formula is C18H22N4O3. The van der Waals surface area contributed by atoms with Crippen molar-refractivity contribution in [1.82, 2.24) is 19.4 Å². The minimum atomic E-state index is -0.170. The molecule has 0 spiro atoms. The summed E-state index contributed by atoms with van der Waals surface area (Å²) in [6, 6.07) is 5.62. The second-order valence-electron chi connectivity index (χ2n) is 6.37. The van der Waals surface area contributed by atoms with Crippen LogP contribution in [0.15, 0.2) is 29.3 Å². The van der Waals surface area contributed by atoms with Crippen LogP contribution in [-0.2, 0) is 11.3 Å². The van der Waals surface area contributed by atoms with Crippen molar-refractivity contribution in [1.29, 1.82) is 0 Å². The van der Waals surface area contributed by atoms with E-state index in [9.17, 15) is 9.59 Å². The summed E-state index contributed by atoms with van der Waals surface area (Å²) in [5.41, 5.74) is 1.99. The molecule has 1 fully saturated rings. The van der Waals surface area contributed by atoms with E-state index in [2.05, 4.69) is 9.97 Å². The summed E-state index contributed by atoms with van der Waals surface area (Å²) < 4.78 is 7.22. The zero-order valence-electron chi connectivity index (χ0n) is 14.7. The second-order valence-corrected chi connectivity index (χ2v) is 6.37. The number of pyridine rings is 1. The van der Waals surface area contributed by atoms with Gasteiger partial charge in [-0.15, -0.1) is 0 Å². The van der Waals surface area contributed by atoms with Crippen molar-refractivity contribution in [2.45, 2.75) is 39.8 Å². The number of likely N-dealkylation sites (tertiary alicyclic amines) is 1. The van der Waals surface area contributed by atoms with Gasteiger partial charge in [0, 0.05) is 36.0 Å². The first-order valence-electron chi connectivity index (χ1n) is 8.35. The fraction of sp³-hybridized carbons (Fsp3) is 0.444. The molecular weight excluding hydrogens is 320 g/mol. The van der Waals surface area contributed by atoms with Crippen LogP contribution in [-0.4, -0.2) is 44.5 Å². The SMILES string of the molecule is Cc1cccc(OC2CCN(C(=O)Cn3cnc(C)c(C)c3=O)C2)n1. The zero-order chi connectivity index (χ0) is 18.0. The van der Waals surface area contributed by atoms with Crippen molar-refractivity contribution in [2.75, 3.05) is 13.1 Å². The van der Waals surface area contributed by atoms with Gasteiger partial charge in [0.2, 0.25) is 11.8 Å². The number of hydrogen-bond acceptors (Lipinski definition) is 5. The molecule has 3 rings (SSSR count). The summed E-state index contributed by atoms with van der Waals surface area (Å²) in [5, 5.41) is 0. The maximum atomic E-state index is 12.5. The summed E-state index contributed by atoms with van der Waals surface area (Å²) in [7, 11) is 0. The van der Waals surface area contributed by atoms with Gasteiger partial charge in [0.05, 0.1) is 12.9 Å². The molecule has 0 aliphatic carbocycles. The van der Waals surface area contributed by atoms with Crippen LogP contribution in [0.25, 0.3) is 0 Å². The van der Waals surface area contributed by atoms with Gasteiger partial charge < -0.3 is 9.64 Å². The van der Waals surface area contributed by atoms with E-state index >= 15 is 0 Å². The molecule has 1 aliphatic heterocycles. The van der Waals surface area contributed by atoms with E-state index in [0.29, 0.717) is 30.2 Å². The van der Waals surface area contributed by atoms with Crippen LogP contribution in [0.1, 0.15) is 23.4 Å². The van der Waals surface area contributed by atoms with Gasteiger partial charge in [0.15, 0.2) is 0 Å². The minimum Gasteiger partial charge on any atom is -0.472 e. The van der Waals surface area contributed by atoms with E-state index in [1.165, 1.54) is 10.9 Å². The van der Waals surface area contributed by atoms with E-state index in [4.69, 9.17) is 4.74 Å². The van der Waals surface area contributed by atoms with Crippen molar-refractivity contribution in [3.63, 3.8) is 0 Å². The largest absolute Gasteiger partial charge is 0.472 e. The summed E-state index contributed by atoms with van der Waals surface area (Å²) in [4.78, 5) is 34.9. The molecule has 1 atom stereocenters. The van der Waals surface area contributed by atoms with Gasteiger partial charge in [0.1, 0.15) is 12.6 Å². The number of aromatic nitrogens is 3. The van der Waals surface area contributed by atoms with Crippen LogP contribution in [0, 0.1) is 20.8 Å². The van der Waals surface area contributed by atoms with Crippen LogP contribution in [0.2, 0.25) is 0 Å². The number of hydrogen-bond donors (Lipinski definition) is 0. The van der Waals surface area contributed by atoms with Gasteiger partial charge in [0.25, 0.3) is 5.56 Å². The maximum Gasteiger partial charge on any atom is 0.256 e. The number of rotatable bonds is 4. The Morgan fingerprint density at radius 3 is 2.88 bits per heavy atom. The normalized spacial score (nSPS) is 16.9. The summed E-state index contributed by atoms with van der Waals surface area (Å²) >= 11 is 0. The summed E-state index contributed by atoms with van der Waals surface area (Å²) in [6.07, 6.45) is 2.11. The molecule has 3 heterocycles. The zero-order valence-corrected chi connectivity index (χ0v) is 14.7. The van der Waals surface area contributed by atoms with E-state index in [1.807, 2.05) is 25.1 Å². The van der Waals surface area contributed by atoms with Gasteiger partial charge in [-0.1, -0.05) is 6.07 Å². The van der Waals surface area contributed by atoms with Crippen molar-refractivity contribution in [3.8, 4) is 5.88 Å². The van der Waals surface area contributed by atoms with Crippen molar-refractivity contribution in [2.24, 2.45) is 0 Å². The molecule has 0 N–H and O–H groups in total. The summed E-state index contributed by atoms with van der Waals surface area (Å²) in [6.45, 7) is 6.53. The minimum absolute atomic E-state index is 0.00235. The molecule has 1 saturated heterocycles. The Balaban J connectivity index is 1.61. The topological polar surface area (TPSA) is 77.3 Å². The van der Waals surface area contributed by atoms with Crippen LogP contribution in [0.3, 0.4) is 0 Å². The molecule has 1 aliphatic rings. The smallest absolute Gasteiger partial charge is 0.256 e. The van der Waals surface area contributed by atoms with Crippen molar-refractivity contribution >= 4 is 5.91 Å². The van der Waals surface area contributed by atoms with Gasteiger partial charge in [-0.05, 0) is 26.8 Å². The Morgan fingerprint density at radius 1 is 1.32 bits per heavy atom. The molecule has 25 heavy (non-hydrogen) atoms. The van der Waals surface area contributed by atoms with Gasteiger partial charge in [-0.3, -0.25) is 14.2 Å². The molecule has 0 radical (unpaired) electrons. The number of nitrogens with zero attached hydrogens (tertiary/aromatic N) is 4. The lowest BCUT2D eigenvalue weighted by atomic mass is 10.3. The first kappa shape index (κ1) is 17.1. The molecule has 2 aromatic rings. The molecule has 2 aromatic heterocycles. The monoisotopic (exact) mass is 342 g/mol. The number of carbonyl (C=O) groups is 1. The molecule has 7 nitrogen and oxygen atoms in total. The molecule has 0 saturated carbocycles. The highest BCUT2D eigenvalue weighted by atomic mass is 16.5. The third kappa shape index (κ3) is 3.87. The quantitative estimate of drug-likeness (QED) is 0.835. The van der Waals surface area contributed by atoms with E-state index in [0.717, 1.165) is 12.1 Å². The number of carbonyl (C=O) groups excluding carboxylic acids is 1. The molecule has 1 unspecified atom stereocenters. The fourth-order valence-electron chi connectivity index (χ4n) is 2.84. The standard InChI is InChI=1S/C18H22N4O3/c1-12-5-4-6-16(20-12)25-15-7-8-21(9-15)17(23)10-22-11-19-14(3)13(2)18(22)24/h4-6,11,15H,7-10H2,1-3H3. The first-order valence-corrected chi connectivity index (χ1v) is 8.35. The maximum absolute atomic E-state index is 12.5. The lowest BCUT2D eigenvalue weighted by Crippen LogP contribution is -2.36. The predicted octanol–water partition coefficient (Wildman–Crippen LogP) is 1.24. The third-order valence-electron chi connectivity index (χ3n) is 4.47. The Labute approximate surface area is 146 Å². The number of ether oxygens (including phenoxy) is 1. The number of aryl methyl sites for hydroxylation is 2. The van der Waals surface area contributed by atoms with E-state index < -0.39 is 0 Å². The highest BCUT2D eigenvalue weighted by molar-refractivity contribution is 5.76. The fourth-order valence-corrected chi connectivity index (χ4v) is 2.84. The molecule has 132 valence electrons. The van der Waals surface area contributed by atoms with Crippen molar-refractivity contribution in [3.05, 3.63) is 51.8 Å². The Morgan fingerprint density at radius 2 is 2.12 bits per heavy atom. The average Bonchev–Trinajstić information content (AvgIpc) is 3.04. The van der Waals surface area contributed by atoms with E-state index in [1.54, 1.807) is 18.7 Å². The predicted molar refractivity (Wildman–Crippen MR) is 92.6 cm³/mol. The van der Waals surface area contributed by atoms with E-state index in [-0.39, 0.29) is 24.1 Å². The van der Waals surface area contributed by atoms with Crippen LogP contribution in [0.4, 0.5) is 0 Å². The molecule has 0 bridgehead atoms. The Hall–Kier alpha value is -2.70.